The number of aromatic nitrogens is 2. The van der Waals surface area contributed by atoms with Crippen LogP contribution in [0.4, 0.5) is 0 Å². The molecule has 0 aliphatic carbocycles. The summed E-state index contributed by atoms with van der Waals surface area (Å²) in [5.74, 6) is 1.33. The van der Waals surface area contributed by atoms with Gasteiger partial charge in [-0.05, 0) is 18.6 Å². The Morgan fingerprint density at radius 1 is 1.39 bits per heavy atom. The van der Waals surface area contributed by atoms with Crippen LogP contribution in [-0.2, 0) is 12.3 Å². The van der Waals surface area contributed by atoms with Gasteiger partial charge in [0.15, 0.2) is 0 Å². The van der Waals surface area contributed by atoms with E-state index in [4.69, 9.17) is 16.3 Å². The van der Waals surface area contributed by atoms with E-state index < -0.39 is 0 Å². The molecule has 0 spiro atoms. The lowest BCUT2D eigenvalue weighted by Crippen LogP contribution is -2.03. The number of methoxy groups -OCH3 is 1. The Labute approximate surface area is 112 Å². The van der Waals surface area contributed by atoms with Gasteiger partial charge in [0.1, 0.15) is 5.75 Å². The molecular formula is C14H17ClN2O. The number of alkyl halides is 1. The van der Waals surface area contributed by atoms with Crippen molar-refractivity contribution < 1.29 is 4.74 Å². The molecule has 96 valence electrons. The molecule has 0 aliphatic heterocycles. The van der Waals surface area contributed by atoms with Crippen molar-refractivity contribution in [3.8, 4) is 11.4 Å². The van der Waals surface area contributed by atoms with Crippen LogP contribution < -0.4 is 4.74 Å². The molecule has 1 aromatic carbocycles. The number of benzene rings is 1. The second-order valence-corrected chi connectivity index (χ2v) is 4.38. The van der Waals surface area contributed by atoms with E-state index >= 15 is 0 Å². The lowest BCUT2D eigenvalue weighted by Gasteiger charge is -2.09. The van der Waals surface area contributed by atoms with Gasteiger partial charge in [0, 0.05) is 17.3 Å². The third-order valence-corrected chi connectivity index (χ3v) is 3.17. The maximum Gasteiger partial charge on any atom is 0.121 e. The van der Waals surface area contributed by atoms with Crippen LogP contribution in [0.5, 0.6) is 5.75 Å². The van der Waals surface area contributed by atoms with Gasteiger partial charge in [0.25, 0.3) is 0 Å². The highest BCUT2D eigenvalue weighted by Gasteiger charge is 2.11. The zero-order chi connectivity index (χ0) is 13.0. The Kier molecular flexibility index (Phi) is 4.26. The van der Waals surface area contributed by atoms with Gasteiger partial charge >= 0.3 is 0 Å². The topological polar surface area (TPSA) is 27.1 Å². The largest absolute Gasteiger partial charge is 0.497 e. The Hall–Kier alpha value is -1.48. The Balaban J connectivity index is 2.45. The lowest BCUT2D eigenvalue weighted by atomic mass is 10.2. The minimum Gasteiger partial charge on any atom is -0.497 e. The van der Waals surface area contributed by atoms with E-state index in [9.17, 15) is 0 Å². The summed E-state index contributed by atoms with van der Waals surface area (Å²) in [6, 6.07) is 7.89. The number of hydrogen-bond donors (Lipinski definition) is 0. The number of nitrogens with zero attached hydrogens (tertiary/aromatic N) is 2. The smallest absolute Gasteiger partial charge is 0.121 e. The predicted octanol–water partition coefficient (Wildman–Crippen LogP) is 3.57. The van der Waals surface area contributed by atoms with Crippen LogP contribution in [0.3, 0.4) is 0 Å². The monoisotopic (exact) mass is 264 g/mol. The highest BCUT2D eigenvalue weighted by molar-refractivity contribution is 6.17. The van der Waals surface area contributed by atoms with E-state index in [2.05, 4.69) is 12.0 Å². The maximum absolute atomic E-state index is 5.95. The highest BCUT2D eigenvalue weighted by Crippen LogP contribution is 2.21. The first-order chi connectivity index (χ1) is 8.80. The fourth-order valence-electron chi connectivity index (χ4n) is 1.99. The van der Waals surface area contributed by atoms with E-state index in [1.165, 1.54) is 5.69 Å². The molecular weight excluding hydrogens is 248 g/mol. The molecule has 4 heteroatoms. The third-order valence-electron chi connectivity index (χ3n) is 2.88. The van der Waals surface area contributed by atoms with Gasteiger partial charge in [-0.3, -0.25) is 0 Å². The van der Waals surface area contributed by atoms with E-state index in [-0.39, 0.29) is 0 Å². The number of rotatable bonds is 5. The zero-order valence-corrected chi connectivity index (χ0v) is 11.4. The van der Waals surface area contributed by atoms with E-state index in [1.54, 1.807) is 7.11 Å². The summed E-state index contributed by atoms with van der Waals surface area (Å²) in [6.07, 6.45) is 3.89. The molecule has 0 radical (unpaired) electrons. The summed E-state index contributed by atoms with van der Waals surface area (Å²) in [6.45, 7) is 2.15. The van der Waals surface area contributed by atoms with Crippen LogP contribution >= 0.6 is 11.6 Å². The first-order valence-corrected chi connectivity index (χ1v) is 6.59. The molecule has 0 saturated heterocycles. The summed E-state index contributed by atoms with van der Waals surface area (Å²) in [7, 11) is 1.67. The Morgan fingerprint density at radius 2 is 2.22 bits per heavy atom. The summed E-state index contributed by atoms with van der Waals surface area (Å²) in [4.78, 5) is 0. The molecule has 0 saturated carbocycles. The normalized spacial score (nSPS) is 10.6. The molecule has 3 nitrogen and oxygen atoms in total. The standard InChI is InChI=1S/C14H17ClN2O/c1-3-5-14-11(9-15)10-16-17(14)12-6-4-7-13(8-12)18-2/h4,6-8,10H,3,5,9H2,1-2H3. The Bertz CT molecular complexity index is 522. The van der Waals surface area contributed by atoms with Crippen LogP contribution in [0.15, 0.2) is 30.5 Å². The van der Waals surface area contributed by atoms with Crippen molar-refractivity contribution in [2.24, 2.45) is 0 Å². The molecule has 0 amide bonds. The van der Waals surface area contributed by atoms with Crippen LogP contribution in [0, 0.1) is 0 Å². The van der Waals surface area contributed by atoms with Gasteiger partial charge in [-0.1, -0.05) is 19.4 Å². The van der Waals surface area contributed by atoms with Gasteiger partial charge in [0.2, 0.25) is 0 Å². The molecule has 1 heterocycles. The maximum atomic E-state index is 5.95. The zero-order valence-electron chi connectivity index (χ0n) is 10.7. The summed E-state index contributed by atoms with van der Waals surface area (Å²) < 4.78 is 7.19. The van der Waals surface area contributed by atoms with E-state index in [0.29, 0.717) is 5.88 Å². The Morgan fingerprint density at radius 3 is 2.89 bits per heavy atom. The van der Waals surface area contributed by atoms with Crippen LogP contribution in [0.25, 0.3) is 5.69 Å². The van der Waals surface area contributed by atoms with Crippen LogP contribution in [-0.4, -0.2) is 16.9 Å². The number of hydrogen-bond acceptors (Lipinski definition) is 2. The van der Waals surface area contributed by atoms with Crippen molar-refractivity contribution in [2.45, 2.75) is 25.6 Å². The SMILES string of the molecule is CCCc1c(CCl)cnn1-c1cccc(OC)c1. The van der Waals surface area contributed by atoms with Crippen molar-refractivity contribution in [1.29, 1.82) is 0 Å². The second kappa shape index (κ2) is 5.91. The van der Waals surface area contributed by atoms with Crippen molar-refractivity contribution >= 4 is 11.6 Å². The first-order valence-electron chi connectivity index (χ1n) is 6.06. The van der Waals surface area contributed by atoms with Crippen molar-refractivity contribution in [3.63, 3.8) is 0 Å². The second-order valence-electron chi connectivity index (χ2n) is 4.11. The fraction of sp³-hybridized carbons (Fsp3) is 0.357. The van der Waals surface area contributed by atoms with Gasteiger partial charge in [-0.25, -0.2) is 4.68 Å². The molecule has 0 unspecified atom stereocenters. The molecule has 0 fully saturated rings. The highest BCUT2D eigenvalue weighted by atomic mass is 35.5. The summed E-state index contributed by atoms with van der Waals surface area (Å²) >= 11 is 5.95. The van der Waals surface area contributed by atoms with E-state index in [0.717, 1.165) is 29.8 Å². The molecule has 0 atom stereocenters. The van der Waals surface area contributed by atoms with E-state index in [1.807, 2.05) is 35.1 Å². The quantitative estimate of drug-likeness (QED) is 0.772. The minimum atomic E-state index is 0.499. The third kappa shape index (κ3) is 2.51. The van der Waals surface area contributed by atoms with Crippen molar-refractivity contribution in [2.75, 3.05) is 7.11 Å². The number of ether oxygens (including phenoxy) is 1. The molecule has 0 aliphatic rings. The van der Waals surface area contributed by atoms with Crippen LogP contribution in [0.1, 0.15) is 24.6 Å². The average molecular weight is 265 g/mol. The average Bonchev–Trinajstić information content (AvgIpc) is 2.82. The summed E-state index contributed by atoms with van der Waals surface area (Å²) in [5, 5.41) is 4.43. The minimum absolute atomic E-state index is 0.499. The first kappa shape index (κ1) is 13.0. The fourth-order valence-corrected chi connectivity index (χ4v) is 2.21. The molecule has 2 aromatic rings. The van der Waals surface area contributed by atoms with Crippen molar-refractivity contribution in [3.05, 3.63) is 41.7 Å². The van der Waals surface area contributed by atoms with Gasteiger partial charge in [-0.2, -0.15) is 5.10 Å². The molecule has 1 aromatic heterocycles. The lowest BCUT2D eigenvalue weighted by molar-refractivity contribution is 0.414. The predicted molar refractivity (Wildman–Crippen MR) is 73.7 cm³/mol. The number of halogens is 1. The van der Waals surface area contributed by atoms with Crippen LogP contribution in [0.2, 0.25) is 0 Å². The molecule has 2 rings (SSSR count). The van der Waals surface area contributed by atoms with Gasteiger partial charge in [0.05, 0.1) is 24.9 Å². The molecule has 0 N–H and O–H groups in total. The van der Waals surface area contributed by atoms with Gasteiger partial charge in [-0.15, -0.1) is 11.6 Å². The van der Waals surface area contributed by atoms with Gasteiger partial charge < -0.3 is 4.74 Å². The summed E-state index contributed by atoms with van der Waals surface area (Å²) in [5.41, 5.74) is 3.29. The van der Waals surface area contributed by atoms with Crippen molar-refractivity contribution in [1.82, 2.24) is 9.78 Å². The molecule has 0 bridgehead atoms. The molecule has 18 heavy (non-hydrogen) atoms.